The lowest BCUT2D eigenvalue weighted by molar-refractivity contribution is 0.0786. The predicted molar refractivity (Wildman–Crippen MR) is 78.7 cm³/mol. The van der Waals surface area contributed by atoms with Gasteiger partial charge in [-0.25, -0.2) is 9.37 Å². The van der Waals surface area contributed by atoms with Crippen molar-refractivity contribution in [3.63, 3.8) is 0 Å². The van der Waals surface area contributed by atoms with Gasteiger partial charge in [0.25, 0.3) is 5.91 Å². The molecule has 2 aromatic heterocycles. The van der Waals surface area contributed by atoms with Crippen molar-refractivity contribution in [3.8, 4) is 0 Å². The lowest BCUT2D eigenvalue weighted by Crippen LogP contribution is -2.26. The fourth-order valence-corrected chi connectivity index (χ4v) is 3.13. The minimum atomic E-state index is -0.310. The summed E-state index contributed by atoms with van der Waals surface area (Å²) < 4.78 is 14.4. The van der Waals surface area contributed by atoms with Crippen LogP contribution in [0.25, 0.3) is 10.1 Å². The number of carbonyl (C=O) groups is 1. The minimum absolute atomic E-state index is 0.168. The first-order chi connectivity index (χ1) is 10.0. The number of nitrogens with zero attached hydrogens (tertiary/aromatic N) is 3. The van der Waals surface area contributed by atoms with Crippen LogP contribution in [0.1, 0.15) is 21.3 Å². The zero-order chi connectivity index (χ0) is 15.0. The Balaban J connectivity index is 1.84. The third-order valence-corrected chi connectivity index (χ3v) is 4.18. The lowest BCUT2D eigenvalue weighted by Gasteiger charge is -2.13. The number of benzene rings is 1. The van der Waals surface area contributed by atoms with Gasteiger partial charge in [0.2, 0.25) is 0 Å². The van der Waals surface area contributed by atoms with Gasteiger partial charge in [0, 0.05) is 17.1 Å². The van der Waals surface area contributed by atoms with E-state index in [1.807, 2.05) is 0 Å². The molecule has 0 aliphatic rings. The van der Waals surface area contributed by atoms with Crippen LogP contribution in [0, 0.1) is 12.7 Å². The molecule has 0 atom stereocenters. The van der Waals surface area contributed by atoms with Crippen molar-refractivity contribution in [2.24, 2.45) is 0 Å². The normalized spacial score (nSPS) is 11.0. The van der Waals surface area contributed by atoms with Crippen LogP contribution >= 0.6 is 11.3 Å². The van der Waals surface area contributed by atoms with Crippen molar-refractivity contribution in [3.05, 3.63) is 46.6 Å². The van der Waals surface area contributed by atoms with Gasteiger partial charge in [0.15, 0.2) is 5.82 Å². The van der Waals surface area contributed by atoms with E-state index in [2.05, 4.69) is 15.2 Å². The standard InChI is InChI=1S/C14H13FN4OS/c1-8-16-13(18-17-8)7-19(2)14(20)12-6-9-10(15)4-3-5-11(9)21-12/h3-6H,7H2,1-2H3,(H,16,17,18). The smallest absolute Gasteiger partial charge is 0.264 e. The summed E-state index contributed by atoms with van der Waals surface area (Å²) in [5.74, 6) is 0.776. The van der Waals surface area contributed by atoms with Crippen molar-refractivity contribution in [1.82, 2.24) is 20.1 Å². The van der Waals surface area contributed by atoms with E-state index in [0.717, 1.165) is 4.70 Å². The topological polar surface area (TPSA) is 61.9 Å². The Labute approximate surface area is 124 Å². The number of nitrogens with one attached hydrogen (secondary N) is 1. The molecular formula is C14H13FN4OS. The fourth-order valence-electron chi connectivity index (χ4n) is 2.06. The molecular weight excluding hydrogens is 291 g/mol. The Kier molecular flexibility index (Phi) is 3.42. The molecule has 3 aromatic rings. The summed E-state index contributed by atoms with van der Waals surface area (Å²) in [5.41, 5.74) is 0. The molecule has 1 amide bonds. The summed E-state index contributed by atoms with van der Waals surface area (Å²) in [6.07, 6.45) is 0. The monoisotopic (exact) mass is 304 g/mol. The molecule has 0 saturated carbocycles. The number of fused-ring (bicyclic) bond motifs is 1. The molecule has 0 bridgehead atoms. The van der Waals surface area contributed by atoms with Gasteiger partial charge in [-0.2, -0.15) is 5.10 Å². The van der Waals surface area contributed by atoms with Crippen LogP contribution in [-0.2, 0) is 6.54 Å². The minimum Gasteiger partial charge on any atom is -0.333 e. The molecule has 2 heterocycles. The predicted octanol–water partition coefficient (Wildman–Crippen LogP) is 2.74. The lowest BCUT2D eigenvalue weighted by atomic mass is 10.2. The summed E-state index contributed by atoms with van der Waals surface area (Å²) in [6.45, 7) is 2.10. The van der Waals surface area contributed by atoms with E-state index in [4.69, 9.17) is 0 Å². The highest BCUT2D eigenvalue weighted by atomic mass is 32.1. The van der Waals surface area contributed by atoms with E-state index >= 15 is 0 Å². The number of aromatic amines is 1. The first kappa shape index (κ1) is 13.7. The number of thiophene rings is 1. The number of hydrogen-bond acceptors (Lipinski definition) is 4. The Morgan fingerprint density at radius 2 is 2.29 bits per heavy atom. The summed E-state index contributed by atoms with van der Waals surface area (Å²) >= 11 is 1.28. The highest BCUT2D eigenvalue weighted by molar-refractivity contribution is 7.20. The zero-order valence-corrected chi connectivity index (χ0v) is 12.4. The summed E-state index contributed by atoms with van der Waals surface area (Å²) in [5, 5.41) is 7.22. The number of hydrogen-bond donors (Lipinski definition) is 1. The van der Waals surface area contributed by atoms with Crippen LogP contribution in [0.2, 0.25) is 0 Å². The second-order valence-corrected chi connectivity index (χ2v) is 5.84. The number of carbonyl (C=O) groups excluding carboxylic acids is 1. The maximum atomic E-state index is 13.7. The van der Waals surface area contributed by atoms with Gasteiger partial charge in [0.1, 0.15) is 11.6 Å². The number of rotatable bonds is 3. The SMILES string of the molecule is Cc1nc(CN(C)C(=O)c2cc3c(F)cccc3s2)n[nH]1. The molecule has 0 aliphatic heterocycles. The van der Waals surface area contributed by atoms with Gasteiger partial charge in [-0.15, -0.1) is 11.3 Å². The van der Waals surface area contributed by atoms with Crippen LogP contribution in [0.4, 0.5) is 4.39 Å². The van der Waals surface area contributed by atoms with Crippen LogP contribution in [0.15, 0.2) is 24.3 Å². The summed E-state index contributed by atoms with van der Waals surface area (Å²) in [6, 6.07) is 6.43. The van der Waals surface area contributed by atoms with Gasteiger partial charge in [-0.3, -0.25) is 9.89 Å². The maximum absolute atomic E-state index is 13.7. The van der Waals surface area contributed by atoms with Gasteiger partial charge in [-0.05, 0) is 25.1 Å². The van der Waals surface area contributed by atoms with E-state index in [9.17, 15) is 9.18 Å². The number of halogens is 1. The molecule has 0 fully saturated rings. The van der Waals surface area contributed by atoms with E-state index in [0.29, 0.717) is 28.5 Å². The Morgan fingerprint density at radius 3 is 2.95 bits per heavy atom. The van der Waals surface area contributed by atoms with Gasteiger partial charge in [0.05, 0.1) is 11.4 Å². The molecule has 0 aliphatic carbocycles. The number of aryl methyl sites for hydroxylation is 1. The van der Waals surface area contributed by atoms with Gasteiger partial charge >= 0.3 is 0 Å². The fraction of sp³-hybridized carbons (Fsp3) is 0.214. The van der Waals surface area contributed by atoms with E-state index in [-0.39, 0.29) is 11.7 Å². The van der Waals surface area contributed by atoms with Crippen LogP contribution in [-0.4, -0.2) is 33.0 Å². The molecule has 1 N–H and O–H groups in total. The van der Waals surface area contributed by atoms with Crippen molar-refractivity contribution in [2.75, 3.05) is 7.05 Å². The molecule has 108 valence electrons. The van der Waals surface area contributed by atoms with E-state index in [1.165, 1.54) is 22.3 Å². The first-order valence-corrected chi connectivity index (χ1v) is 7.17. The Morgan fingerprint density at radius 1 is 1.48 bits per heavy atom. The number of aromatic nitrogens is 3. The van der Waals surface area contributed by atoms with Crippen molar-refractivity contribution in [2.45, 2.75) is 13.5 Å². The largest absolute Gasteiger partial charge is 0.333 e. The van der Waals surface area contributed by atoms with Gasteiger partial charge < -0.3 is 4.90 Å². The third kappa shape index (κ3) is 2.64. The average molecular weight is 304 g/mol. The molecule has 7 heteroatoms. The molecule has 0 saturated heterocycles. The van der Waals surface area contributed by atoms with E-state index in [1.54, 1.807) is 32.2 Å². The summed E-state index contributed by atoms with van der Waals surface area (Å²) in [4.78, 5) is 18.6. The van der Waals surface area contributed by atoms with Crippen LogP contribution in [0.3, 0.4) is 0 Å². The van der Waals surface area contributed by atoms with Crippen LogP contribution in [0.5, 0.6) is 0 Å². The number of amides is 1. The second-order valence-electron chi connectivity index (χ2n) is 4.76. The molecule has 21 heavy (non-hydrogen) atoms. The van der Waals surface area contributed by atoms with Crippen LogP contribution < -0.4 is 0 Å². The van der Waals surface area contributed by atoms with Crippen molar-refractivity contribution < 1.29 is 9.18 Å². The van der Waals surface area contributed by atoms with E-state index < -0.39 is 0 Å². The molecule has 0 unspecified atom stereocenters. The molecule has 3 rings (SSSR count). The summed E-state index contributed by atoms with van der Waals surface area (Å²) in [7, 11) is 1.68. The molecule has 0 radical (unpaired) electrons. The highest BCUT2D eigenvalue weighted by Gasteiger charge is 2.17. The maximum Gasteiger partial charge on any atom is 0.264 e. The third-order valence-electron chi connectivity index (χ3n) is 3.09. The first-order valence-electron chi connectivity index (χ1n) is 6.36. The second kappa shape index (κ2) is 5.25. The quantitative estimate of drug-likeness (QED) is 0.809. The van der Waals surface area contributed by atoms with Gasteiger partial charge in [-0.1, -0.05) is 6.07 Å². The van der Waals surface area contributed by atoms with Crippen molar-refractivity contribution >= 4 is 27.3 Å². The number of H-pyrrole nitrogens is 1. The molecule has 1 aromatic carbocycles. The highest BCUT2D eigenvalue weighted by Crippen LogP contribution is 2.28. The van der Waals surface area contributed by atoms with Crippen molar-refractivity contribution in [1.29, 1.82) is 0 Å². The molecule has 5 nitrogen and oxygen atoms in total. The Hall–Kier alpha value is -2.28. The average Bonchev–Trinajstić information content (AvgIpc) is 3.05. The molecule has 0 spiro atoms. The zero-order valence-electron chi connectivity index (χ0n) is 11.6. The Bertz CT molecular complexity index is 810.